The summed E-state index contributed by atoms with van der Waals surface area (Å²) in [6.07, 6.45) is 9.55. The Bertz CT molecular complexity index is 395. The van der Waals surface area contributed by atoms with Crippen molar-refractivity contribution in [3.63, 3.8) is 0 Å². The minimum Gasteiger partial charge on any atom is -0.345 e. The van der Waals surface area contributed by atoms with Gasteiger partial charge in [-0.15, -0.1) is 0 Å². The Kier molecular flexibility index (Phi) is 4.36. The van der Waals surface area contributed by atoms with Gasteiger partial charge in [0, 0.05) is 32.0 Å². The molecule has 5 nitrogen and oxygen atoms in total. The molecule has 1 heterocycles. The average Bonchev–Trinajstić information content (AvgIpc) is 2.83. The van der Waals surface area contributed by atoms with Crippen molar-refractivity contribution in [3.05, 3.63) is 18.2 Å². The Balaban J connectivity index is 1.97. The van der Waals surface area contributed by atoms with Gasteiger partial charge in [0.1, 0.15) is 0 Å². The highest BCUT2D eigenvalue weighted by atomic mass is 16.2. The Morgan fingerprint density at radius 3 is 2.83 bits per heavy atom. The molecule has 0 aliphatic heterocycles. The van der Waals surface area contributed by atoms with Crippen molar-refractivity contribution < 1.29 is 4.79 Å². The van der Waals surface area contributed by atoms with Crippen LogP contribution < -0.4 is 11.1 Å². The van der Waals surface area contributed by atoms with Crippen LogP contribution in [-0.2, 0) is 7.05 Å². The second-order valence-electron chi connectivity index (χ2n) is 5.08. The zero-order chi connectivity index (χ0) is 13.0. The van der Waals surface area contributed by atoms with Crippen LogP contribution in [0, 0.1) is 5.92 Å². The Morgan fingerprint density at radius 2 is 2.28 bits per heavy atom. The molecule has 1 aliphatic carbocycles. The van der Waals surface area contributed by atoms with Crippen molar-refractivity contribution in [2.24, 2.45) is 18.7 Å². The van der Waals surface area contributed by atoms with Crippen molar-refractivity contribution in [3.8, 4) is 0 Å². The van der Waals surface area contributed by atoms with Gasteiger partial charge >= 0.3 is 0 Å². The molecule has 18 heavy (non-hydrogen) atoms. The maximum absolute atomic E-state index is 12.1. The number of aromatic nitrogens is 2. The highest BCUT2D eigenvalue weighted by Gasteiger charge is 2.25. The van der Waals surface area contributed by atoms with E-state index in [1.165, 1.54) is 32.1 Å². The Hall–Kier alpha value is -1.36. The summed E-state index contributed by atoms with van der Waals surface area (Å²) in [5.41, 5.74) is 5.80. The Morgan fingerprint density at radius 1 is 1.56 bits per heavy atom. The van der Waals surface area contributed by atoms with Crippen molar-refractivity contribution in [2.45, 2.75) is 38.1 Å². The molecule has 1 amide bonds. The zero-order valence-electron chi connectivity index (χ0n) is 10.9. The molecule has 1 aliphatic rings. The maximum atomic E-state index is 12.1. The topological polar surface area (TPSA) is 72.9 Å². The van der Waals surface area contributed by atoms with E-state index >= 15 is 0 Å². The summed E-state index contributed by atoms with van der Waals surface area (Å²) in [6, 6.07) is 0.0782. The highest BCUT2D eigenvalue weighted by molar-refractivity contribution is 5.90. The van der Waals surface area contributed by atoms with E-state index in [1.54, 1.807) is 17.0 Å². The van der Waals surface area contributed by atoms with Crippen molar-refractivity contribution in [2.75, 3.05) is 6.54 Å². The number of imidazole rings is 1. The third-order valence-electron chi connectivity index (χ3n) is 3.81. The van der Waals surface area contributed by atoms with Gasteiger partial charge in [0.05, 0.1) is 0 Å². The lowest BCUT2D eigenvalue weighted by molar-refractivity contribution is 0.0902. The molecule has 100 valence electrons. The predicted octanol–water partition coefficient (Wildman–Crippen LogP) is 1.06. The minimum absolute atomic E-state index is 0.0782. The summed E-state index contributed by atoms with van der Waals surface area (Å²) in [5.74, 6) is 0.848. The SMILES string of the molecule is Cn1ccnc1C(=O)NC(CN)C1CCCCC1. The second kappa shape index (κ2) is 6.00. The minimum atomic E-state index is -0.122. The third-order valence-corrected chi connectivity index (χ3v) is 3.81. The molecule has 1 atom stereocenters. The molecule has 5 heteroatoms. The van der Waals surface area contributed by atoms with Gasteiger partial charge < -0.3 is 15.6 Å². The standard InChI is InChI=1S/C13H22N4O/c1-17-8-7-15-12(17)13(18)16-11(9-14)10-5-3-2-4-6-10/h7-8,10-11H,2-6,9,14H2,1H3,(H,16,18). The fraction of sp³-hybridized carbons (Fsp3) is 0.692. The van der Waals surface area contributed by atoms with Crippen LogP contribution in [0.15, 0.2) is 12.4 Å². The first kappa shape index (κ1) is 13.1. The first-order valence-corrected chi connectivity index (χ1v) is 6.70. The van der Waals surface area contributed by atoms with E-state index in [4.69, 9.17) is 5.73 Å². The van der Waals surface area contributed by atoms with Crippen LogP contribution in [0.2, 0.25) is 0 Å². The first-order valence-electron chi connectivity index (χ1n) is 6.70. The number of nitrogens with two attached hydrogens (primary N) is 1. The fourth-order valence-electron chi connectivity index (χ4n) is 2.72. The molecule has 2 rings (SSSR count). The van der Waals surface area contributed by atoms with Crippen LogP contribution in [0.3, 0.4) is 0 Å². The number of amides is 1. The lowest BCUT2D eigenvalue weighted by atomic mass is 9.84. The van der Waals surface area contributed by atoms with Gasteiger partial charge in [0.2, 0.25) is 0 Å². The molecule has 1 aromatic rings. The fourth-order valence-corrected chi connectivity index (χ4v) is 2.72. The van der Waals surface area contributed by atoms with Gasteiger partial charge in [-0.05, 0) is 18.8 Å². The number of hydrogen-bond donors (Lipinski definition) is 2. The smallest absolute Gasteiger partial charge is 0.287 e. The summed E-state index contributed by atoms with van der Waals surface area (Å²) < 4.78 is 1.73. The number of carbonyl (C=O) groups is 1. The van der Waals surface area contributed by atoms with Gasteiger partial charge in [-0.25, -0.2) is 4.98 Å². The number of aryl methyl sites for hydroxylation is 1. The average molecular weight is 250 g/mol. The third kappa shape index (κ3) is 2.90. The molecule has 0 spiro atoms. The van der Waals surface area contributed by atoms with Crippen LogP contribution >= 0.6 is 0 Å². The van der Waals surface area contributed by atoms with E-state index in [0.717, 1.165) is 0 Å². The molecule has 0 aromatic carbocycles. The molecule has 0 saturated heterocycles. The van der Waals surface area contributed by atoms with Crippen LogP contribution in [0.25, 0.3) is 0 Å². The van der Waals surface area contributed by atoms with E-state index in [0.29, 0.717) is 18.3 Å². The zero-order valence-corrected chi connectivity index (χ0v) is 10.9. The maximum Gasteiger partial charge on any atom is 0.287 e. The molecular formula is C13H22N4O. The number of hydrogen-bond acceptors (Lipinski definition) is 3. The van der Waals surface area contributed by atoms with Gasteiger partial charge in [-0.1, -0.05) is 19.3 Å². The van der Waals surface area contributed by atoms with E-state index < -0.39 is 0 Å². The monoisotopic (exact) mass is 250 g/mol. The molecule has 0 bridgehead atoms. The lowest BCUT2D eigenvalue weighted by Gasteiger charge is -2.29. The van der Waals surface area contributed by atoms with E-state index in [-0.39, 0.29) is 11.9 Å². The quantitative estimate of drug-likeness (QED) is 0.839. The summed E-state index contributed by atoms with van der Waals surface area (Å²) >= 11 is 0. The number of rotatable bonds is 4. The summed E-state index contributed by atoms with van der Waals surface area (Å²) in [7, 11) is 1.82. The van der Waals surface area contributed by atoms with E-state index in [9.17, 15) is 4.79 Å². The number of nitrogens with zero attached hydrogens (tertiary/aromatic N) is 2. The van der Waals surface area contributed by atoms with E-state index in [2.05, 4.69) is 10.3 Å². The first-order chi connectivity index (χ1) is 8.72. The van der Waals surface area contributed by atoms with Crippen LogP contribution in [0.5, 0.6) is 0 Å². The van der Waals surface area contributed by atoms with Crippen molar-refractivity contribution in [1.82, 2.24) is 14.9 Å². The molecule has 1 aromatic heterocycles. The molecular weight excluding hydrogens is 228 g/mol. The second-order valence-corrected chi connectivity index (χ2v) is 5.08. The summed E-state index contributed by atoms with van der Waals surface area (Å²) in [6.45, 7) is 0.501. The summed E-state index contributed by atoms with van der Waals surface area (Å²) in [5, 5.41) is 3.03. The van der Waals surface area contributed by atoms with Gasteiger partial charge in [0.15, 0.2) is 5.82 Å². The van der Waals surface area contributed by atoms with Gasteiger partial charge in [0.25, 0.3) is 5.91 Å². The van der Waals surface area contributed by atoms with Gasteiger partial charge in [-0.3, -0.25) is 4.79 Å². The molecule has 1 fully saturated rings. The van der Waals surface area contributed by atoms with Gasteiger partial charge in [-0.2, -0.15) is 0 Å². The van der Waals surface area contributed by atoms with Crippen LogP contribution in [0.1, 0.15) is 42.7 Å². The van der Waals surface area contributed by atoms with Crippen molar-refractivity contribution in [1.29, 1.82) is 0 Å². The van der Waals surface area contributed by atoms with Crippen LogP contribution in [0.4, 0.5) is 0 Å². The highest BCUT2D eigenvalue weighted by Crippen LogP contribution is 2.26. The molecule has 0 radical (unpaired) electrons. The molecule has 1 unspecified atom stereocenters. The number of carbonyl (C=O) groups excluding carboxylic acids is 1. The normalized spacial score (nSPS) is 18.6. The molecule has 1 saturated carbocycles. The van der Waals surface area contributed by atoms with Crippen LogP contribution in [-0.4, -0.2) is 28.0 Å². The lowest BCUT2D eigenvalue weighted by Crippen LogP contribution is -2.46. The van der Waals surface area contributed by atoms with E-state index in [1.807, 2.05) is 7.05 Å². The summed E-state index contributed by atoms with van der Waals surface area (Å²) in [4.78, 5) is 16.1. The predicted molar refractivity (Wildman–Crippen MR) is 70.1 cm³/mol. The number of nitrogens with one attached hydrogen (secondary N) is 1. The Labute approximate surface area is 108 Å². The molecule has 3 N–H and O–H groups in total. The largest absolute Gasteiger partial charge is 0.345 e. The van der Waals surface area contributed by atoms with Crippen molar-refractivity contribution >= 4 is 5.91 Å².